The SMILES string of the molecule is CNC(c1cc(C)cc(C)c1)c1sc(C)nc1C. The van der Waals surface area contributed by atoms with Crippen molar-refractivity contribution < 1.29 is 0 Å². The summed E-state index contributed by atoms with van der Waals surface area (Å²) in [4.78, 5) is 5.85. The Morgan fingerprint density at radius 3 is 2.11 bits per heavy atom. The molecular formula is C15H20N2S. The molecule has 0 fully saturated rings. The van der Waals surface area contributed by atoms with Gasteiger partial charge in [-0.05, 0) is 40.3 Å². The fraction of sp³-hybridized carbons (Fsp3) is 0.400. The number of aryl methyl sites for hydroxylation is 4. The molecule has 0 saturated heterocycles. The monoisotopic (exact) mass is 260 g/mol. The van der Waals surface area contributed by atoms with Gasteiger partial charge in [0.15, 0.2) is 0 Å². The highest BCUT2D eigenvalue weighted by molar-refractivity contribution is 7.11. The van der Waals surface area contributed by atoms with E-state index < -0.39 is 0 Å². The highest BCUT2D eigenvalue weighted by Crippen LogP contribution is 2.30. The van der Waals surface area contributed by atoms with E-state index in [-0.39, 0.29) is 6.04 Å². The van der Waals surface area contributed by atoms with Crippen molar-refractivity contribution in [2.75, 3.05) is 7.05 Å². The van der Waals surface area contributed by atoms with Crippen molar-refractivity contribution in [3.63, 3.8) is 0 Å². The summed E-state index contributed by atoms with van der Waals surface area (Å²) in [5, 5.41) is 4.55. The lowest BCUT2D eigenvalue weighted by Gasteiger charge is -2.17. The normalized spacial score (nSPS) is 12.7. The summed E-state index contributed by atoms with van der Waals surface area (Å²) in [5.74, 6) is 0. The Hall–Kier alpha value is -1.19. The van der Waals surface area contributed by atoms with Gasteiger partial charge in [0.25, 0.3) is 0 Å². The first kappa shape index (κ1) is 13.2. The van der Waals surface area contributed by atoms with Gasteiger partial charge in [-0.1, -0.05) is 29.3 Å². The van der Waals surface area contributed by atoms with Crippen LogP contribution >= 0.6 is 11.3 Å². The average molecular weight is 260 g/mol. The van der Waals surface area contributed by atoms with Crippen molar-refractivity contribution in [2.45, 2.75) is 33.7 Å². The zero-order chi connectivity index (χ0) is 13.3. The molecule has 1 N–H and O–H groups in total. The van der Waals surface area contributed by atoms with E-state index >= 15 is 0 Å². The molecule has 0 bridgehead atoms. The van der Waals surface area contributed by atoms with Crippen LogP contribution in [0.2, 0.25) is 0 Å². The minimum atomic E-state index is 0.245. The zero-order valence-corrected chi connectivity index (χ0v) is 12.5. The molecule has 0 spiro atoms. The highest BCUT2D eigenvalue weighted by atomic mass is 32.1. The van der Waals surface area contributed by atoms with Crippen LogP contribution in [0.15, 0.2) is 18.2 Å². The van der Waals surface area contributed by atoms with Crippen LogP contribution in [-0.2, 0) is 0 Å². The first-order chi connectivity index (χ1) is 8.51. The summed E-state index contributed by atoms with van der Waals surface area (Å²) in [5.41, 5.74) is 5.08. The lowest BCUT2D eigenvalue weighted by Crippen LogP contribution is -2.17. The number of thiazole rings is 1. The molecule has 0 aliphatic heterocycles. The van der Waals surface area contributed by atoms with Crippen molar-refractivity contribution in [3.8, 4) is 0 Å². The van der Waals surface area contributed by atoms with E-state index in [0.29, 0.717) is 0 Å². The lowest BCUT2D eigenvalue weighted by atomic mass is 10.00. The molecule has 2 nitrogen and oxygen atoms in total. The fourth-order valence-corrected chi connectivity index (χ4v) is 3.51. The minimum Gasteiger partial charge on any atom is -0.309 e. The van der Waals surface area contributed by atoms with Gasteiger partial charge >= 0.3 is 0 Å². The molecule has 96 valence electrons. The van der Waals surface area contributed by atoms with E-state index in [0.717, 1.165) is 10.7 Å². The number of aromatic nitrogens is 1. The Balaban J connectivity index is 2.48. The van der Waals surface area contributed by atoms with Crippen molar-refractivity contribution in [1.82, 2.24) is 10.3 Å². The molecule has 3 heteroatoms. The number of nitrogens with one attached hydrogen (secondary N) is 1. The predicted molar refractivity (Wildman–Crippen MR) is 78.4 cm³/mol. The second kappa shape index (κ2) is 5.21. The van der Waals surface area contributed by atoms with E-state index in [4.69, 9.17) is 0 Å². The summed E-state index contributed by atoms with van der Waals surface area (Å²) >= 11 is 1.78. The van der Waals surface area contributed by atoms with Gasteiger partial charge in [0.2, 0.25) is 0 Å². The van der Waals surface area contributed by atoms with Crippen LogP contribution in [0.3, 0.4) is 0 Å². The molecule has 2 aromatic rings. The number of hydrogen-bond donors (Lipinski definition) is 1. The molecule has 1 aromatic carbocycles. The second-order valence-corrected chi connectivity index (χ2v) is 6.06. The third kappa shape index (κ3) is 2.62. The topological polar surface area (TPSA) is 24.9 Å². The molecule has 0 saturated carbocycles. The van der Waals surface area contributed by atoms with Gasteiger partial charge in [-0.2, -0.15) is 0 Å². The molecule has 0 radical (unpaired) electrons. The molecular weight excluding hydrogens is 240 g/mol. The van der Waals surface area contributed by atoms with Crippen molar-refractivity contribution >= 4 is 11.3 Å². The maximum Gasteiger partial charge on any atom is 0.0900 e. The predicted octanol–water partition coefficient (Wildman–Crippen LogP) is 3.69. The molecule has 0 aliphatic carbocycles. The smallest absolute Gasteiger partial charge is 0.0900 e. The Kier molecular flexibility index (Phi) is 3.83. The van der Waals surface area contributed by atoms with Gasteiger partial charge in [0, 0.05) is 4.88 Å². The van der Waals surface area contributed by atoms with Crippen LogP contribution in [0.5, 0.6) is 0 Å². The molecule has 18 heavy (non-hydrogen) atoms. The summed E-state index contributed by atoms with van der Waals surface area (Å²) in [7, 11) is 2.01. The van der Waals surface area contributed by atoms with Crippen molar-refractivity contribution in [2.24, 2.45) is 0 Å². The van der Waals surface area contributed by atoms with Gasteiger partial charge in [0.1, 0.15) is 0 Å². The molecule has 0 amide bonds. The van der Waals surface area contributed by atoms with Crippen LogP contribution in [0.1, 0.15) is 38.3 Å². The van der Waals surface area contributed by atoms with E-state index in [9.17, 15) is 0 Å². The van der Waals surface area contributed by atoms with Gasteiger partial charge in [0.05, 0.1) is 16.7 Å². The van der Waals surface area contributed by atoms with E-state index in [1.165, 1.54) is 21.6 Å². The number of hydrogen-bond acceptors (Lipinski definition) is 3. The Morgan fingerprint density at radius 1 is 1.06 bits per heavy atom. The van der Waals surface area contributed by atoms with Crippen LogP contribution in [-0.4, -0.2) is 12.0 Å². The van der Waals surface area contributed by atoms with Crippen LogP contribution < -0.4 is 5.32 Å². The third-order valence-corrected chi connectivity index (χ3v) is 4.21. The quantitative estimate of drug-likeness (QED) is 0.910. The maximum atomic E-state index is 4.53. The fourth-order valence-electron chi connectivity index (χ4n) is 2.44. The molecule has 0 aliphatic rings. The standard InChI is InChI=1S/C15H20N2S/c1-9-6-10(2)8-13(7-9)14(16-5)15-11(3)17-12(4)18-15/h6-8,14,16H,1-5H3. The molecule has 2 rings (SSSR count). The third-order valence-electron chi connectivity index (χ3n) is 3.07. The number of benzene rings is 1. The molecule has 1 heterocycles. The first-order valence-corrected chi connectivity index (χ1v) is 7.02. The van der Waals surface area contributed by atoms with E-state index in [1.807, 2.05) is 7.05 Å². The minimum absolute atomic E-state index is 0.245. The highest BCUT2D eigenvalue weighted by Gasteiger charge is 2.18. The zero-order valence-electron chi connectivity index (χ0n) is 11.7. The van der Waals surface area contributed by atoms with Gasteiger partial charge in [-0.25, -0.2) is 4.98 Å². The van der Waals surface area contributed by atoms with Crippen LogP contribution in [0, 0.1) is 27.7 Å². The van der Waals surface area contributed by atoms with E-state index in [2.05, 4.69) is 56.2 Å². The summed E-state index contributed by atoms with van der Waals surface area (Å²) in [6.07, 6.45) is 0. The molecule has 1 unspecified atom stereocenters. The summed E-state index contributed by atoms with van der Waals surface area (Å²) in [6, 6.07) is 6.96. The number of rotatable bonds is 3. The summed E-state index contributed by atoms with van der Waals surface area (Å²) in [6.45, 7) is 8.45. The molecule has 1 aromatic heterocycles. The maximum absolute atomic E-state index is 4.53. The largest absolute Gasteiger partial charge is 0.309 e. The van der Waals surface area contributed by atoms with Gasteiger partial charge in [-0.15, -0.1) is 11.3 Å². The Bertz CT molecular complexity index is 537. The average Bonchev–Trinajstić information content (AvgIpc) is 2.58. The first-order valence-electron chi connectivity index (χ1n) is 6.20. The van der Waals surface area contributed by atoms with Gasteiger partial charge < -0.3 is 5.32 Å². The van der Waals surface area contributed by atoms with Crippen molar-refractivity contribution in [3.05, 3.63) is 50.5 Å². The second-order valence-electron chi connectivity index (χ2n) is 4.83. The van der Waals surface area contributed by atoms with Crippen molar-refractivity contribution in [1.29, 1.82) is 0 Å². The number of nitrogens with zero attached hydrogens (tertiary/aromatic N) is 1. The molecule has 1 atom stereocenters. The summed E-state index contributed by atoms with van der Waals surface area (Å²) < 4.78 is 0. The lowest BCUT2D eigenvalue weighted by molar-refractivity contribution is 0.696. The van der Waals surface area contributed by atoms with E-state index in [1.54, 1.807) is 11.3 Å². The van der Waals surface area contributed by atoms with Crippen LogP contribution in [0.25, 0.3) is 0 Å². The Morgan fingerprint density at radius 2 is 1.67 bits per heavy atom. The Labute approximate surface area is 113 Å². The van der Waals surface area contributed by atoms with Gasteiger partial charge in [-0.3, -0.25) is 0 Å². The van der Waals surface area contributed by atoms with Crippen LogP contribution in [0.4, 0.5) is 0 Å².